The summed E-state index contributed by atoms with van der Waals surface area (Å²) in [4.78, 5) is 27.9. The van der Waals surface area contributed by atoms with Crippen molar-refractivity contribution in [3.8, 4) is 11.5 Å². The molecule has 1 aliphatic rings. The molecule has 8 nitrogen and oxygen atoms in total. The van der Waals surface area contributed by atoms with Gasteiger partial charge in [0.15, 0.2) is 11.5 Å². The summed E-state index contributed by atoms with van der Waals surface area (Å²) in [5.74, 6) is -0.857. The fourth-order valence-electron chi connectivity index (χ4n) is 4.11. The number of carbonyl (C=O) groups is 2. The summed E-state index contributed by atoms with van der Waals surface area (Å²) < 4.78 is 11.8. The highest BCUT2D eigenvalue weighted by Crippen LogP contribution is 2.44. The topological polar surface area (TPSA) is 102 Å². The zero-order valence-electron chi connectivity index (χ0n) is 20.9. The van der Waals surface area contributed by atoms with Crippen LogP contribution in [0.3, 0.4) is 0 Å². The molecule has 1 atom stereocenters. The predicted octanol–water partition coefficient (Wildman–Crippen LogP) is 6.09. The van der Waals surface area contributed by atoms with Gasteiger partial charge in [-0.1, -0.05) is 48.8 Å². The van der Waals surface area contributed by atoms with Crippen molar-refractivity contribution in [2.24, 2.45) is 0 Å². The van der Waals surface area contributed by atoms with Crippen molar-refractivity contribution in [2.75, 3.05) is 18.1 Å². The van der Waals surface area contributed by atoms with Gasteiger partial charge in [0.05, 0.1) is 24.8 Å². The van der Waals surface area contributed by atoms with E-state index in [4.69, 9.17) is 21.1 Å². The van der Waals surface area contributed by atoms with Crippen LogP contribution in [0, 0.1) is 6.92 Å². The van der Waals surface area contributed by atoms with E-state index in [9.17, 15) is 14.7 Å². The summed E-state index contributed by atoms with van der Waals surface area (Å²) in [7, 11) is 0. The van der Waals surface area contributed by atoms with Crippen LogP contribution in [-0.2, 0) is 9.59 Å². The number of rotatable bonds is 10. The number of aliphatic hydroxyl groups excluding tert-OH is 1. The first kappa shape index (κ1) is 26.6. The number of aryl methyl sites for hydroxylation is 1. The second-order valence-electron chi connectivity index (χ2n) is 8.47. The highest BCUT2D eigenvalue weighted by Gasteiger charge is 2.48. The first-order chi connectivity index (χ1) is 17.8. The summed E-state index contributed by atoms with van der Waals surface area (Å²) in [5, 5.41) is 20.8. The number of hydrogen-bond donors (Lipinski definition) is 1. The molecule has 1 amide bonds. The number of unbranched alkanes of at least 4 members (excludes halogenated alkanes) is 2. The summed E-state index contributed by atoms with van der Waals surface area (Å²) in [6.45, 7) is 6.70. The maximum Gasteiger partial charge on any atom is 0.301 e. The molecule has 2 aromatic carbocycles. The normalized spacial score (nSPS) is 16.9. The summed E-state index contributed by atoms with van der Waals surface area (Å²) in [6, 6.07) is 10.7. The van der Waals surface area contributed by atoms with Gasteiger partial charge < -0.3 is 14.6 Å². The van der Waals surface area contributed by atoms with Gasteiger partial charge in [0.1, 0.15) is 10.8 Å². The third-order valence-electron chi connectivity index (χ3n) is 5.87. The van der Waals surface area contributed by atoms with E-state index in [1.54, 1.807) is 49.4 Å². The number of benzene rings is 2. The molecule has 1 fully saturated rings. The zero-order chi connectivity index (χ0) is 26.5. The van der Waals surface area contributed by atoms with E-state index in [-0.39, 0.29) is 16.5 Å². The smallest absolute Gasteiger partial charge is 0.301 e. The Morgan fingerprint density at radius 3 is 2.46 bits per heavy atom. The lowest BCUT2D eigenvalue weighted by Gasteiger charge is -2.23. The van der Waals surface area contributed by atoms with E-state index < -0.39 is 17.7 Å². The van der Waals surface area contributed by atoms with E-state index in [2.05, 4.69) is 17.1 Å². The fourth-order valence-corrected chi connectivity index (χ4v) is 4.95. The maximum atomic E-state index is 13.3. The first-order valence-corrected chi connectivity index (χ1v) is 13.3. The van der Waals surface area contributed by atoms with E-state index in [0.717, 1.165) is 19.3 Å². The number of hydrogen-bond acceptors (Lipinski definition) is 8. The molecule has 3 aromatic rings. The Hall–Kier alpha value is -3.43. The van der Waals surface area contributed by atoms with Gasteiger partial charge in [-0.05, 0) is 62.2 Å². The molecule has 0 aliphatic carbocycles. The third kappa shape index (κ3) is 5.62. The number of nitrogens with zero attached hydrogens (tertiary/aromatic N) is 3. The number of ketones is 1. The quantitative estimate of drug-likeness (QED) is 0.143. The number of halogens is 1. The molecule has 2 heterocycles. The van der Waals surface area contributed by atoms with Crippen LogP contribution in [0.4, 0.5) is 5.13 Å². The van der Waals surface area contributed by atoms with Crippen LogP contribution < -0.4 is 14.4 Å². The second kappa shape index (κ2) is 11.7. The van der Waals surface area contributed by atoms with Crippen LogP contribution in [0.5, 0.6) is 11.5 Å². The van der Waals surface area contributed by atoms with Crippen molar-refractivity contribution in [1.82, 2.24) is 10.2 Å². The number of aromatic nitrogens is 2. The molecule has 194 valence electrons. The van der Waals surface area contributed by atoms with Crippen LogP contribution in [0.25, 0.3) is 5.76 Å². The Labute approximate surface area is 224 Å². The van der Waals surface area contributed by atoms with E-state index in [0.29, 0.717) is 45.9 Å². The molecular formula is C27H28ClN3O5S. The molecule has 1 N–H and O–H groups in total. The largest absolute Gasteiger partial charge is 0.507 e. The van der Waals surface area contributed by atoms with E-state index >= 15 is 0 Å². The van der Waals surface area contributed by atoms with Crippen molar-refractivity contribution < 1.29 is 24.2 Å². The van der Waals surface area contributed by atoms with Gasteiger partial charge in [-0.25, -0.2) is 0 Å². The van der Waals surface area contributed by atoms with Crippen molar-refractivity contribution >= 4 is 45.5 Å². The van der Waals surface area contributed by atoms with E-state index in [1.807, 2.05) is 6.92 Å². The molecule has 1 aliphatic heterocycles. The second-order valence-corrected chi connectivity index (χ2v) is 10.1. The predicted molar refractivity (Wildman–Crippen MR) is 144 cm³/mol. The molecular weight excluding hydrogens is 514 g/mol. The average molecular weight is 542 g/mol. The fraction of sp³-hybridized carbons (Fsp3) is 0.333. The molecule has 1 unspecified atom stereocenters. The van der Waals surface area contributed by atoms with Gasteiger partial charge in [0.2, 0.25) is 5.13 Å². The molecule has 0 spiro atoms. The third-order valence-corrected chi connectivity index (χ3v) is 6.96. The minimum atomic E-state index is -0.948. The number of amides is 1. The van der Waals surface area contributed by atoms with Gasteiger partial charge in [-0.2, -0.15) is 0 Å². The Morgan fingerprint density at radius 2 is 1.81 bits per heavy atom. The summed E-state index contributed by atoms with van der Waals surface area (Å²) in [5.41, 5.74) is 0.868. The van der Waals surface area contributed by atoms with Crippen LogP contribution in [0.2, 0.25) is 5.02 Å². The van der Waals surface area contributed by atoms with E-state index in [1.165, 1.54) is 16.2 Å². The van der Waals surface area contributed by atoms with Gasteiger partial charge in [-0.3, -0.25) is 14.5 Å². The molecule has 37 heavy (non-hydrogen) atoms. The molecule has 1 aromatic heterocycles. The van der Waals surface area contributed by atoms with Crippen LogP contribution in [-0.4, -0.2) is 40.2 Å². The van der Waals surface area contributed by atoms with Crippen molar-refractivity contribution in [3.63, 3.8) is 0 Å². The molecule has 10 heteroatoms. The number of Topliss-reactive ketones (excluding diaryl/α,β-unsaturated/α-hetero) is 1. The minimum Gasteiger partial charge on any atom is -0.507 e. The highest BCUT2D eigenvalue weighted by molar-refractivity contribution is 7.15. The molecule has 0 saturated carbocycles. The standard InChI is InChI=1S/C27H28ClN3O5S/c1-4-6-7-14-36-20-13-10-18(15-21(20)35-5-2)23-22(24(32)17-8-11-19(28)12-9-17)25(33)26(34)31(23)27-30-29-16(3)37-27/h8-13,15,23,32H,4-7,14H2,1-3H3. The Balaban J connectivity index is 1.84. The molecule has 4 rings (SSSR count). The Morgan fingerprint density at radius 1 is 1.05 bits per heavy atom. The SMILES string of the molecule is CCCCCOc1ccc(C2C(=C(O)c3ccc(Cl)cc3)C(=O)C(=O)N2c2nnc(C)s2)cc1OCC. The van der Waals surface area contributed by atoms with Gasteiger partial charge in [0.25, 0.3) is 5.78 Å². The number of carbonyl (C=O) groups excluding carboxylic acids is 2. The van der Waals surface area contributed by atoms with Gasteiger partial charge in [0, 0.05) is 10.6 Å². The average Bonchev–Trinajstić information content (AvgIpc) is 3.43. The number of anilines is 1. The maximum absolute atomic E-state index is 13.3. The number of ether oxygens (including phenoxy) is 2. The Bertz CT molecular complexity index is 1320. The van der Waals surface area contributed by atoms with Crippen molar-refractivity contribution in [3.05, 3.63) is 69.2 Å². The van der Waals surface area contributed by atoms with Gasteiger partial charge >= 0.3 is 5.91 Å². The lowest BCUT2D eigenvalue weighted by atomic mass is 9.95. The summed E-state index contributed by atoms with van der Waals surface area (Å²) >= 11 is 7.19. The lowest BCUT2D eigenvalue weighted by Crippen LogP contribution is -2.29. The van der Waals surface area contributed by atoms with Crippen molar-refractivity contribution in [1.29, 1.82) is 0 Å². The lowest BCUT2D eigenvalue weighted by molar-refractivity contribution is -0.132. The number of aliphatic hydroxyl groups is 1. The molecule has 1 saturated heterocycles. The summed E-state index contributed by atoms with van der Waals surface area (Å²) in [6.07, 6.45) is 3.06. The van der Waals surface area contributed by atoms with Gasteiger partial charge in [-0.15, -0.1) is 10.2 Å². The molecule has 0 radical (unpaired) electrons. The van der Waals surface area contributed by atoms with Crippen LogP contribution in [0.15, 0.2) is 48.0 Å². The van der Waals surface area contributed by atoms with Crippen LogP contribution >= 0.6 is 22.9 Å². The monoisotopic (exact) mass is 541 g/mol. The molecule has 0 bridgehead atoms. The minimum absolute atomic E-state index is 0.0563. The first-order valence-electron chi connectivity index (χ1n) is 12.1. The zero-order valence-corrected chi connectivity index (χ0v) is 22.4. The highest BCUT2D eigenvalue weighted by atomic mass is 35.5. The van der Waals surface area contributed by atoms with Crippen LogP contribution in [0.1, 0.15) is 55.3 Å². The Kier molecular flexibility index (Phi) is 8.45. The van der Waals surface area contributed by atoms with Crippen molar-refractivity contribution in [2.45, 2.75) is 46.1 Å².